The van der Waals surface area contributed by atoms with Gasteiger partial charge in [-0.1, -0.05) is 13.8 Å². The maximum Gasteiger partial charge on any atom is 0.294 e. The van der Waals surface area contributed by atoms with Crippen LogP contribution in [-0.4, -0.2) is 23.9 Å². The number of thiophene rings is 1. The summed E-state index contributed by atoms with van der Waals surface area (Å²) in [7, 11) is 1.57. The quantitative estimate of drug-likeness (QED) is 0.856. The van der Waals surface area contributed by atoms with E-state index >= 15 is 0 Å². The fourth-order valence-electron chi connectivity index (χ4n) is 3.09. The summed E-state index contributed by atoms with van der Waals surface area (Å²) in [5, 5.41) is 12.4. The van der Waals surface area contributed by atoms with Crippen LogP contribution >= 0.6 is 11.3 Å². The van der Waals surface area contributed by atoms with Gasteiger partial charge in [0, 0.05) is 16.5 Å². The molecule has 0 aliphatic carbocycles. The van der Waals surface area contributed by atoms with E-state index in [1.54, 1.807) is 45.2 Å². The minimum Gasteiger partial charge on any atom is -0.503 e. The zero-order valence-corrected chi connectivity index (χ0v) is 16.0. The summed E-state index contributed by atoms with van der Waals surface area (Å²) in [6.07, 6.45) is 0. The molecule has 1 N–H and O–H groups in total. The van der Waals surface area contributed by atoms with Gasteiger partial charge in [-0.2, -0.15) is 0 Å². The molecule has 0 saturated heterocycles. The Balaban J connectivity index is 2.16. The molecule has 1 unspecified atom stereocenters. The Hall–Kier alpha value is -2.60. The van der Waals surface area contributed by atoms with E-state index in [-0.39, 0.29) is 17.3 Å². The first kappa shape index (κ1) is 18.2. The summed E-state index contributed by atoms with van der Waals surface area (Å²) < 4.78 is 5.17. The molecule has 0 spiro atoms. The van der Waals surface area contributed by atoms with Crippen LogP contribution in [0, 0.1) is 12.8 Å². The fraction of sp³-hybridized carbons (Fsp3) is 0.300. The third-order valence-electron chi connectivity index (χ3n) is 4.50. The minimum atomic E-state index is -0.620. The van der Waals surface area contributed by atoms with Gasteiger partial charge in [0.2, 0.25) is 0 Å². The molecule has 1 aliphatic rings. The molecule has 0 bridgehead atoms. The Morgan fingerprint density at radius 3 is 2.38 bits per heavy atom. The zero-order valence-electron chi connectivity index (χ0n) is 15.1. The number of anilines is 1. The van der Waals surface area contributed by atoms with E-state index in [0.717, 1.165) is 10.4 Å². The van der Waals surface area contributed by atoms with Crippen LogP contribution in [0.4, 0.5) is 5.69 Å². The molecular formula is C20H21NO4S. The number of aliphatic hydroxyl groups is 1. The van der Waals surface area contributed by atoms with E-state index in [1.165, 1.54) is 16.2 Å². The lowest BCUT2D eigenvalue weighted by Gasteiger charge is -2.27. The number of aliphatic hydroxyl groups excluding tert-OH is 1. The first-order chi connectivity index (χ1) is 12.4. The summed E-state index contributed by atoms with van der Waals surface area (Å²) in [6.45, 7) is 5.47. The highest BCUT2D eigenvalue weighted by Gasteiger charge is 2.45. The monoisotopic (exact) mass is 371 g/mol. The number of hydrogen-bond acceptors (Lipinski definition) is 5. The number of nitrogens with zero attached hydrogens (tertiary/aromatic N) is 1. The molecule has 1 aromatic carbocycles. The van der Waals surface area contributed by atoms with Gasteiger partial charge < -0.3 is 9.84 Å². The van der Waals surface area contributed by atoms with Gasteiger partial charge in [-0.25, -0.2) is 0 Å². The van der Waals surface area contributed by atoms with Crippen LogP contribution in [0.15, 0.2) is 47.0 Å². The van der Waals surface area contributed by atoms with Crippen molar-refractivity contribution in [1.29, 1.82) is 0 Å². The van der Waals surface area contributed by atoms with Gasteiger partial charge in [0.1, 0.15) is 11.8 Å². The highest BCUT2D eigenvalue weighted by Crippen LogP contribution is 2.44. The van der Waals surface area contributed by atoms with E-state index < -0.39 is 17.7 Å². The van der Waals surface area contributed by atoms with Crippen molar-refractivity contribution in [3.8, 4) is 5.75 Å². The van der Waals surface area contributed by atoms with Crippen LogP contribution in [0.5, 0.6) is 5.75 Å². The third-order valence-corrected chi connectivity index (χ3v) is 5.57. The molecular weight excluding hydrogens is 350 g/mol. The van der Waals surface area contributed by atoms with Gasteiger partial charge in [0.25, 0.3) is 5.91 Å². The molecule has 5 nitrogen and oxygen atoms in total. The van der Waals surface area contributed by atoms with Crippen molar-refractivity contribution in [3.63, 3.8) is 0 Å². The SMILES string of the molecule is COc1ccc(N2C(=O)C(O)=C(C(=O)C(C)C)C2c2sccc2C)cc1. The van der Waals surface area contributed by atoms with Crippen molar-refractivity contribution in [3.05, 3.63) is 57.5 Å². The van der Waals surface area contributed by atoms with Crippen molar-refractivity contribution in [1.82, 2.24) is 0 Å². The molecule has 1 atom stereocenters. The van der Waals surface area contributed by atoms with Crippen LogP contribution in [-0.2, 0) is 9.59 Å². The molecule has 6 heteroatoms. The standard InChI is InChI=1S/C20H21NO4S/c1-11(2)17(22)15-16(19-12(3)9-10-26-19)21(20(24)18(15)23)13-5-7-14(25-4)8-6-13/h5-11,16,23H,1-4H3. The number of ketones is 1. The number of carbonyl (C=O) groups excluding carboxylic acids is 2. The Labute approximate surface area is 156 Å². The first-order valence-electron chi connectivity index (χ1n) is 8.35. The van der Waals surface area contributed by atoms with Crippen molar-refractivity contribution >= 4 is 28.7 Å². The molecule has 3 rings (SSSR count). The van der Waals surface area contributed by atoms with Crippen molar-refractivity contribution < 1.29 is 19.4 Å². The molecule has 2 aromatic rings. The van der Waals surface area contributed by atoms with Crippen LogP contribution < -0.4 is 9.64 Å². The fourth-order valence-corrected chi connectivity index (χ4v) is 4.11. The summed E-state index contributed by atoms with van der Waals surface area (Å²) in [5.41, 5.74) is 1.76. The molecule has 136 valence electrons. The molecule has 1 amide bonds. The summed E-state index contributed by atoms with van der Waals surface area (Å²) >= 11 is 1.47. The molecule has 26 heavy (non-hydrogen) atoms. The van der Waals surface area contributed by atoms with Crippen molar-refractivity contribution in [2.45, 2.75) is 26.8 Å². The molecule has 0 radical (unpaired) electrons. The first-order valence-corrected chi connectivity index (χ1v) is 9.23. The maximum atomic E-state index is 12.9. The van der Waals surface area contributed by atoms with E-state index in [0.29, 0.717) is 11.4 Å². The van der Waals surface area contributed by atoms with E-state index in [9.17, 15) is 14.7 Å². The number of Topliss-reactive ketones (excluding diaryl/α,β-unsaturated/α-hetero) is 1. The maximum absolute atomic E-state index is 12.9. The number of ether oxygens (including phenoxy) is 1. The van der Waals surface area contributed by atoms with Gasteiger partial charge in [-0.3, -0.25) is 14.5 Å². The highest BCUT2D eigenvalue weighted by molar-refractivity contribution is 7.10. The van der Waals surface area contributed by atoms with E-state index in [2.05, 4.69) is 0 Å². The molecule has 1 aromatic heterocycles. The van der Waals surface area contributed by atoms with Gasteiger partial charge in [0.05, 0.1) is 12.7 Å². The topological polar surface area (TPSA) is 66.8 Å². The van der Waals surface area contributed by atoms with Crippen LogP contribution in [0.1, 0.15) is 30.3 Å². The summed E-state index contributed by atoms with van der Waals surface area (Å²) in [5.74, 6) is -0.891. The molecule has 2 heterocycles. The molecule has 0 saturated carbocycles. The smallest absolute Gasteiger partial charge is 0.294 e. The molecule has 1 aliphatic heterocycles. The van der Waals surface area contributed by atoms with Crippen LogP contribution in [0.2, 0.25) is 0 Å². The Morgan fingerprint density at radius 1 is 1.23 bits per heavy atom. The highest BCUT2D eigenvalue weighted by atomic mass is 32.1. The van der Waals surface area contributed by atoms with Crippen molar-refractivity contribution in [2.24, 2.45) is 5.92 Å². The number of amides is 1. The number of carbonyl (C=O) groups is 2. The zero-order chi connectivity index (χ0) is 19.0. The lowest BCUT2D eigenvalue weighted by atomic mass is 9.93. The van der Waals surface area contributed by atoms with Crippen LogP contribution in [0.25, 0.3) is 0 Å². The average molecular weight is 371 g/mol. The number of aryl methyl sites for hydroxylation is 1. The lowest BCUT2D eigenvalue weighted by Crippen LogP contribution is -2.31. The largest absolute Gasteiger partial charge is 0.503 e. The Kier molecular flexibility index (Phi) is 4.87. The number of methoxy groups -OCH3 is 1. The van der Waals surface area contributed by atoms with Crippen molar-refractivity contribution in [2.75, 3.05) is 12.0 Å². The second kappa shape index (κ2) is 6.96. The number of rotatable bonds is 5. The normalized spacial score (nSPS) is 17.3. The summed E-state index contributed by atoms with van der Waals surface area (Å²) in [4.78, 5) is 28.0. The Morgan fingerprint density at radius 2 is 1.88 bits per heavy atom. The second-order valence-corrected chi connectivity index (χ2v) is 7.47. The van der Waals surface area contributed by atoms with E-state index in [4.69, 9.17) is 4.74 Å². The predicted octanol–water partition coefficient (Wildman–Crippen LogP) is 4.19. The Bertz CT molecular complexity index is 879. The van der Waals surface area contributed by atoms with Gasteiger partial charge in [0.15, 0.2) is 11.5 Å². The van der Waals surface area contributed by atoms with Gasteiger partial charge in [-0.05, 0) is 48.2 Å². The average Bonchev–Trinajstić information content (AvgIpc) is 3.16. The predicted molar refractivity (Wildman–Crippen MR) is 102 cm³/mol. The number of hydrogen-bond donors (Lipinski definition) is 1. The van der Waals surface area contributed by atoms with Crippen LogP contribution in [0.3, 0.4) is 0 Å². The second-order valence-electron chi connectivity index (χ2n) is 6.52. The third kappa shape index (κ3) is 2.90. The molecule has 0 fully saturated rings. The minimum absolute atomic E-state index is 0.173. The van der Waals surface area contributed by atoms with E-state index in [1.807, 2.05) is 18.4 Å². The number of benzene rings is 1. The van der Waals surface area contributed by atoms with Gasteiger partial charge in [-0.15, -0.1) is 11.3 Å². The lowest BCUT2D eigenvalue weighted by molar-refractivity contribution is -0.119. The van der Waals surface area contributed by atoms with Gasteiger partial charge >= 0.3 is 0 Å². The summed E-state index contributed by atoms with van der Waals surface area (Å²) in [6, 6.07) is 8.33.